The molecule has 0 unspecified atom stereocenters. The molecule has 9 heteroatoms. The van der Waals surface area contributed by atoms with Crippen molar-refractivity contribution in [1.29, 1.82) is 0 Å². The van der Waals surface area contributed by atoms with Crippen molar-refractivity contribution in [3.8, 4) is 0 Å². The van der Waals surface area contributed by atoms with Crippen LogP contribution in [0.5, 0.6) is 0 Å². The molecule has 0 atom stereocenters. The molecule has 3 N–H and O–H groups in total. The summed E-state index contributed by atoms with van der Waals surface area (Å²) in [5, 5.41) is 5.56. The molecule has 2 amide bonds. The molecule has 30 heavy (non-hydrogen) atoms. The number of thioether (sulfide) groups is 1. The van der Waals surface area contributed by atoms with Gasteiger partial charge in [-0.25, -0.2) is 9.37 Å². The number of hydrogen-bond donors (Lipinski definition) is 3. The van der Waals surface area contributed by atoms with Gasteiger partial charge in [-0.2, -0.15) is 0 Å². The minimum Gasteiger partial charge on any atom is -0.352 e. The zero-order valence-corrected chi connectivity index (χ0v) is 16.7. The Morgan fingerprint density at radius 3 is 2.60 bits per heavy atom. The highest BCUT2D eigenvalue weighted by molar-refractivity contribution is 7.99. The lowest BCUT2D eigenvalue weighted by Crippen LogP contribution is -2.26. The number of carbonyl (C=O) groups is 2. The number of carbonyl (C=O) groups excluding carboxylic acids is 2. The lowest BCUT2D eigenvalue weighted by molar-refractivity contribution is -0.120. The van der Waals surface area contributed by atoms with Crippen molar-refractivity contribution in [2.24, 2.45) is 0 Å². The van der Waals surface area contributed by atoms with Gasteiger partial charge in [0.2, 0.25) is 11.8 Å². The fourth-order valence-electron chi connectivity index (χ4n) is 2.56. The Morgan fingerprint density at radius 1 is 1.03 bits per heavy atom. The highest BCUT2D eigenvalue weighted by Gasteiger charge is 2.10. The number of rotatable bonds is 8. The zero-order valence-electron chi connectivity index (χ0n) is 15.9. The van der Waals surface area contributed by atoms with E-state index >= 15 is 0 Å². The number of aromatic amines is 1. The number of benzene rings is 2. The van der Waals surface area contributed by atoms with Crippen LogP contribution >= 0.6 is 11.8 Å². The smallest absolute Gasteiger partial charge is 0.251 e. The third-order valence-corrected chi connectivity index (χ3v) is 4.77. The van der Waals surface area contributed by atoms with Crippen molar-refractivity contribution in [2.45, 2.75) is 18.1 Å². The van der Waals surface area contributed by atoms with Gasteiger partial charge < -0.3 is 15.6 Å². The number of anilines is 1. The third kappa shape index (κ3) is 6.85. The molecule has 1 aromatic heterocycles. The number of amides is 2. The van der Waals surface area contributed by atoms with Gasteiger partial charge in [-0.05, 0) is 23.8 Å². The van der Waals surface area contributed by atoms with Gasteiger partial charge in [0, 0.05) is 18.3 Å². The van der Waals surface area contributed by atoms with Crippen LogP contribution in [0, 0.1) is 5.82 Å². The van der Waals surface area contributed by atoms with E-state index in [1.807, 2.05) is 30.3 Å². The average Bonchev–Trinajstić information content (AvgIpc) is 2.71. The summed E-state index contributed by atoms with van der Waals surface area (Å²) in [5.41, 5.74) is 1.19. The molecule has 154 valence electrons. The Bertz CT molecular complexity index is 1090. The van der Waals surface area contributed by atoms with Crippen molar-refractivity contribution >= 4 is 29.3 Å². The molecule has 0 bridgehead atoms. The van der Waals surface area contributed by atoms with E-state index < -0.39 is 11.4 Å². The van der Waals surface area contributed by atoms with Crippen LogP contribution in [-0.2, 0) is 22.6 Å². The molecule has 0 aliphatic heterocycles. The molecule has 0 radical (unpaired) electrons. The van der Waals surface area contributed by atoms with Gasteiger partial charge in [-0.1, -0.05) is 48.2 Å². The summed E-state index contributed by atoms with van der Waals surface area (Å²) in [4.78, 5) is 42.8. The van der Waals surface area contributed by atoms with Crippen molar-refractivity contribution in [3.05, 3.63) is 88.1 Å². The monoisotopic (exact) mass is 426 g/mol. The molecular formula is C21H19FN4O3S. The lowest BCUT2D eigenvalue weighted by Gasteiger charge is -2.07. The molecule has 0 saturated carbocycles. The van der Waals surface area contributed by atoms with Gasteiger partial charge >= 0.3 is 0 Å². The van der Waals surface area contributed by atoms with Crippen molar-refractivity contribution in [2.75, 3.05) is 11.1 Å². The van der Waals surface area contributed by atoms with E-state index in [9.17, 15) is 18.8 Å². The first-order chi connectivity index (χ1) is 14.5. The van der Waals surface area contributed by atoms with Gasteiger partial charge in [-0.3, -0.25) is 14.4 Å². The molecule has 0 spiro atoms. The Morgan fingerprint density at radius 2 is 1.83 bits per heavy atom. The van der Waals surface area contributed by atoms with Crippen molar-refractivity contribution in [1.82, 2.24) is 15.3 Å². The molecule has 0 aliphatic rings. The van der Waals surface area contributed by atoms with E-state index in [1.165, 1.54) is 24.3 Å². The highest BCUT2D eigenvalue weighted by atomic mass is 32.2. The van der Waals surface area contributed by atoms with Crippen LogP contribution < -0.4 is 16.2 Å². The largest absolute Gasteiger partial charge is 0.352 e. The Hall–Kier alpha value is -3.46. The fraction of sp³-hybridized carbons (Fsp3) is 0.143. The second-order valence-corrected chi connectivity index (χ2v) is 7.29. The summed E-state index contributed by atoms with van der Waals surface area (Å²) >= 11 is 1.01. The second kappa shape index (κ2) is 10.4. The maximum atomic E-state index is 13.2. The molecule has 2 aromatic carbocycles. The van der Waals surface area contributed by atoms with E-state index in [0.29, 0.717) is 17.9 Å². The first-order valence-electron chi connectivity index (χ1n) is 9.07. The van der Waals surface area contributed by atoms with Gasteiger partial charge in [0.25, 0.3) is 5.56 Å². The van der Waals surface area contributed by atoms with Crippen LogP contribution in [0.3, 0.4) is 0 Å². The zero-order chi connectivity index (χ0) is 21.3. The molecular weight excluding hydrogens is 407 g/mol. The minimum absolute atomic E-state index is 0.0386. The average molecular weight is 426 g/mol. The summed E-state index contributed by atoms with van der Waals surface area (Å²) in [6.45, 7) is 0.380. The van der Waals surface area contributed by atoms with Crippen LogP contribution in [0.15, 0.2) is 70.6 Å². The minimum atomic E-state index is -0.454. The molecule has 3 rings (SSSR count). The predicted octanol–water partition coefficient (Wildman–Crippen LogP) is 2.50. The highest BCUT2D eigenvalue weighted by Crippen LogP contribution is 2.14. The Labute approximate surface area is 176 Å². The number of hydrogen-bond acceptors (Lipinski definition) is 5. The first kappa shape index (κ1) is 21.3. The van der Waals surface area contributed by atoms with Gasteiger partial charge in [0.1, 0.15) is 5.82 Å². The third-order valence-electron chi connectivity index (χ3n) is 3.90. The quantitative estimate of drug-likeness (QED) is 0.379. The van der Waals surface area contributed by atoms with E-state index in [0.717, 1.165) is 17.3 Å². The number of nitrogens with one attached hydrogen (secondary N) is 3. The fourth-order valence-corrected chi connectivity index (χ4v) is 3.26. The number of aromatic nitrogens is 2. The molecule has 0 aliphatic carbocycles. The summed E-state index contributed by atoms with van der Waals surface area (Å²) < 4.78 is 13.2. The Balaban J connectivity index is 1.53. The molecule has 3 aromatic rings. The standard InChI is InChI=1S/C21H19FN4O3S/c22-15-7-4-8-16(9-15)24-20(29)13-30-21-25-17(11-19(28)26-21)10-18(27)23-12-14-5-2-1-3-6-14/h1-9,11H,10,12-13H2,(H,23,27)(H,24,29)(H,25,26,28). The molecule has 1 heterocycles. The maximum Gasteiger partial charge on any atom is 0.251 e. The van der Waals surface area contributed by atoms with Crippen LogP contribution in [0.1, 0.15) is 11.3 Å². The van der Waals surface area contributed by atoms with Gasteiger partial charge in [-0.15, -0.1) is 0 Å². The van der Waals surface area contributed by atoms with Gasteiger partial charge in [0.05, 0.1) is 17.9 Å². The summed E-state index contributed by atoms with van der Waals surface area (Å²) in [6, 6.07) is 16.2. The second-order valence-electron chi connectivity index (χ2n) is 6.33. The molecule has 0 saturated heterocycles. The summed E-state index contributed by atoms with van der Waals surface area (Å²) in [5.74, 6) is -1.14. The lowest BCUT2D eigenvalue weighted by atomic mass is 10.2. The summed E-state index contributed by atoms with van der Waals surface area (Å²) in [7, 11) is 0. The maximum absolute atomic E-state index is 13.2. The summed E-state index contributed by atoms with van der Waals surface area (Å²) in [6.07, 6.45) is -0.0558. The van der Waals surface area contributed by atoms with Crippen molar-refractivity contribution in [3.63, 3.8) is 0 Å². The van der Waals surface area contributed by atoms with Crippen LogP contribution in [0.25, 0.3) is 0 Å². The molecule has 0 fully saturated rings. The van der Waals surface area contributed by atoms with Crippen molar-refractivity contribution < 1.29 is 14.0 Å². The van der Waals surface area contributed by atoms with Crippen LogP contribution in [0.2, 0.25) is 0 Å². The topological polar surface area (TPSA) is 104 Å². The number of nitrogens with zero attached hydrogens (tertiary/aromatic N) is 1. The van der Waals surface area contributed by atoms with E-state index in [2.05, 4.69) is 20.6 Å². The SMILES string of the molecule is O=C(Cc1cc(=O)[nH]c(SCC(=O)Nc2cccc(F)c2)n1)NCc1ccccc1. The van der Waals surface area contributed by atoms with E-state index in [4.69, 9.17) is 0 Å². The molecule has 7 nitrogen and oxygen atoms in total. The van der Waals surface area contributed by atoms with E-state index in [-0.39, 0.29) is 29.1 Å². The number of halogens is 1. The number of H-pyrrole nitrogens is 1. The van der Waals surface area contributed by atoms with E-state index in [1.54, 1.807) is 6.07 Å². The normalized spacial score (nSPS) is 10.4. The Kier molecular flexibility index (Phi) is 7.34. The predicted molar refractivity (Wildman–Crippen MR) is 113 cm³/mol. The van der Waals surface area contributed by atoms with Crippen LogP contribution in [-0.4, -0.2) is 27.5 Å². The first-order valence-corrected chi connectivity index (χ1v) is 10.1. The van der Waals surface area contributed by atoms with Gasteiger partial charge in [0.15, 0.2) is 5.16 Å². The van der Waals surface area contributed by atoms with Crippen LogP contribution in [0.4, 0.5) is 10.1 Å².